The average molecular weight is 257 g/mol. The summed E-state index contributed by atoms with van der Waals surface area (Å²) in [5.74, 6) is 0. The van der Waals surface area contributed by atoms with Crippen LogP contribution in [0.4, 0.5) is 0 Å². The van der Waals surface area contributed by atoms with Crippen molar-refractivity contribution in [1.29, 1.82) is 0 Å². The third kappa shape index (κ3) is 2.24. The Balaban J connectivity index is 2.03. The Morgan fingerprint density at radius 3 is 2.58 bits per heavy atom. The molecule has 1 unspecified atom stereocenters. The molecule has 0 bridgehead atoms. The Hall–Kier alpha value is -1.45. The Kier molecular flexibility index (Phi) is 3.25. The van der Waals surface area contributed by atoms with Gasteiger partial charge >= 0.3 is 0 Å². The summed E-state index contributed by atoms with van der Waals surface area (Å²) in [6.45, 7) is 0. The second-order valence-electron chi connectivity index (χ2n) is 5.52. The van der Waals surface area contributed by atoms with Gasteiger partial charge in [0.15, 0.2) is 0 Å². The van der Waals surface area contributed by atoms with Crippen molar-refractivity contribution in [3.05, 3.63) is 42.2 Å². The van der Waals surface area contributed by atoms with Gasteiger partial charge in [0.1, 0.15) is 6.10 Å². The molecule has 3 heteroatoms. The molecule has 1 aromatic heterocycles. The largest absolute Gasteiger partial charge is 0.387 e. The molecule has 1 aliphatic carbocycles. The van der Waals surface area contributed by atoms with Crippen LogP contribution in [0.3, 0.4) is 0 Å². The SMILES string of the molecule is OC(c1cncc2ccccc12)C1(O)CCCCC1. The van der Waals surface area contributed by atoms with Crippen molar-refractivity contribution in [3.63, 3.8) is 0 Å². The number of hydrogen-bond donors (Lipinski definition) is 2. The van der Waals surface area contributed by atoms with Gasteiger partial charge in [0.2, 0.25) is 0 Å². The number of pyridine rings is 1. The third-order valence-electron chi connectivity index (χ3n) is 4.22. The zero-order valence-electron chi connectivity index (χ0n) is 10.9. The molecule has 3 nitrogen and oxygen atoms in total. The van der Waals surface area contributed by atoms with Crippen LogP contribution in [0, 0.1) is 0 Å². The van der Waals surface area contributed by atoms with Crippen molar-refractivity contribution < 1.29 is 10.2 Å². The van der Waals surface area contributed by atoms with Crippen LogP contribution in [-0.4, -0.2) is 20.8 Å². The lowest BCUT2D eigenvalue weighted by molar-refractivity contribution is -0.0987. The van der Waals surface area contributed by atoms with E-state index in [1.165, 1.54) is 0 Å². The average Bonchev–Trinajstić information content (AvgIpc) is 2.47. The van der Waals surface area contributed by atoms with Crippen molar-refractivity contribution in [2.45, 2.75) is 43.8 Å². The lowest BCUT2D eigenvalue weighted by atomic mass is 9.78. The standard InChI is InChI=1S/C16H19NO2/c18-15(16(19)8-4-1-5-9-16)14-11-17-10-12-6-2-3-7-13(12)14/h2-3,6-7,10-11,15,18-19H,1,4-5,8-9H2. The highest BCUT2D eigenvalue weighted by Crippen LogP contribution is 2.39. The van der Waals surface area contributed by atoms with Gasteiger partial charge in [-0.1, -0.05) is 43.5 Å². The lowest BCUT2D eigenvalue weighted by Gasteiger charge is -2.36. The maximum absolute atomic E-state index is 10.7. The number of hydrogen-bond acceptors (Lipinski definition) is 3. The molecule has 0 radical (unpaired) electrons. The van der Waals surface area contributed by atoms with Gasteiger partial charge in [0.25, 0.3) is 0 Å². The van der Waals surface area contributed by atoms with E-state index in [1.807, 2.05) is 24.3 Å². The Bertz CT molecular complexity index is 570. The molecular formula is C16H19NO2. The van der Waals surface area contributed by atoms with Crippen LogP contribution in [-0.2, 0) is 0 Å². The van der Waals surface area contributed by atoms with Crippen LogP contribution >= 0.6 is 0 Å². The van der Waals surface area contributed by atoms with E-state index < -0.39 is 11.7 Å². The van der Waals surface area contributed by atoms with E-state index in [9.17, 15) is 10.2 Å². The first-order valence-corrected chi connectivity index (χ1v) is 6.94. The maximum atomic E-state index is 10.7. The first-order chi connectivity index (χ1) is 9.21. The predicted molar refractivity (Wildman–Crippen MR) is 74.7 cm³/mol. The van der Waals surface area contributed by atoms with Gasteiger partial charge in [-0.2, -0.15) is 0 Å². The fourth-order valence-corrected chi connectivity index (χ4v) is 3.08. The molecule has 0 aliphatic heterocycles. The second-order valence-corrected chi connectivity index (χ2v) is 5.52. The van der Waals surface area contributed by atoms with E-state index >= 15 is 0 Å². The van der Waals surface area contributed by atoms with Gasteiger partial charge in [-0.15, -0.1) is 0 Å². The van der Waals surface area contributed by atoms with E-state index in [0.29, 0.717) is 12.8 Å². The highest BCUT2D eigenvalue weighted by Gasteiger charge is 2.38. The number of aliphatic hydroxyl groups excluding tert-OH is 1. The van der Waals surface area contributed by atoms with Gasteiger partial charge in [0, 0.05) is 23.3 Å². The second kappa shape index (κ2) is 4.91. The van der Waals surface area contributed by atoms with Crippen LogP contribution < -0.4 is 0 Å². The zero-order chi connectivity index (χ0) is 13.3. The molecular weight excluding hydrogens is 238 g/mol. The molecule has 100 valence electrons. The highest BCUT2D eigenvalue weighted by atomic mass is 16.3. The van der Waals surface area contributed by atoms with Crippen LogP contribution in [0.2, 0.25) is 0 Å². The minimum atomic E-state index is -0.996. The number of nitrogens with zero attached hydrogens (tertiary/aromatic N) is 1. The van der Waals surface area contributed by atoms with E-state index in [1.54, 1.807) is 12.4 Å². The normalized spacial score (nSPS) is 20.3. The number of benzene rings is 1. The van der Waals surface area contributed by atoms with Crippen molar-refractivity contribution in [1.82, 2.24) is 4.98 Å². The molecule has 3 rings (SSSR count). The molecule has 2 aromatic rings. The van der Waals surface area contributed by atoms with Crippen molar-refractivity contribution in [2.75, 3.05) is 0 Å². The lowest BCUT2D eigenvalue weighted by Crippen LogP contribution is -2.38. The molecule has 0 amide bonds. The summed E-state index contributed by atoms with van der Waals surface area (Å²) in [5.41, 5.74) is -0.258. The molecule has 1 heterocycles. The smallest absolute Gasteiger partial charge is 0.110 e. The summed E-state index contributed by atoms with van der Waals surface area (Å²) in [6, 6.07) is 7.85. The van der Waals surface area contributed by atoms with E-state index in [2.05, 4.69) is 4.98 Å². The summed E-state index contributed by atoms with van der Waals surface area (Å²) in [6.07, 6.45) is 7.04. The molecule has 0 spiro atoms. The Morgan fingerprint density at radius 2 is 1.79 bits per heavy atom. The summed E-state index contributed by atoms with van der Waals surface area (Å²) in [4.78, 5) is 4.19. The Labute approximate surface area is 112 Å². The number of aliphatic hydroxyl groups is 2. The molecule has 1 atom stereocenters. The van der Waals surface area contributed by atoms with Crippen molar-refractivity contribution in [2.24, 2.45) is 0 Å². The summed E-state index contributed by atoms with van der Waals surface area (Å²) in [5, 5.41) is 23.3. The minimum absolute atomic E-state index is 0.664. The quantitative estimate of drug-likeness (QED) is 0.869. The van der Waals surface area contributed by atoms with Gasteiger partial charge in [-0.25, -0.2) is 0 Å². The van der Waals surface area contributed by atoms with E-state index in [-0.39, 0.29) is 0 Å². The van der Waals surface area contributed by atoms with Crippen LogP contribution in [0.15, 0.2) is 36.7 Å². The minimum Gasteiger partial charge on any atom is -0.387 e. The molecule has 19 heavy (non-hydrogen) atoms. The Morgan fingerprint density at radius 1 is 1.05 bits per heavy atom. The first-order valence-electron chi connectivity index (χ1n) is 6.94. The molecule has 1 fully saturated rings. The monoisotopic (exact) mass is 257 g/mol. The molecule has 0 saturated heterocycles. The maximum Gasteiger partial charge on any atom is 0.110 e. The van der Waals surface area contributed by atoms with Crippen molar-refractivity contribution in [3.8, 4) is 0 Å². The number of fused-ring (bicyclic) bond motifs is 1. The van der Waals surface area contributed by atoms with Gasteiger partial charge in [-0.05, 0) is 18.2 Å². The van der Waals surface area contributed by atoms with Gasteiger partial charge in [-0.3, -0.25) is 4.98 Å². The van der Waals surface area contributed by atoms with Crippen molar-refractivity contribution >= 4 is 10.8 Å². The van der Waals surface area contributed by atoms with E-state index in [0.717, 1.165) is 35.6 Å². The van der Waals surface area contributed by atoms with Crippen LogP contribution in [0.1, 0.15) is 43.8 Å². The summed E-state index contributed by atoms with van der Waals surface area (Å²) >= 11 is 0. The fourth-order valence-electron chi connectivity index (χ4n) is 3.08. The van der Waals surface area contributed by atoms with Crippen LogP contribution in [0.5, 0.6) is 0 Å². The van der Waals surface area contributed by atoms with Gasteiger partial charge in [0.05, 0.1) is 5.60 Å². The summed E-state index contributed by atoms with van der Waals surface area (Å²) in [7, 11) is 0. The number of aromatic nitrogens is 1. The molecule has 1 aliphatic rings. The summed E-state index contributed by atoms with van der Waals surface area (Å²) < 4.78 is 0. The van der Waals surface area contributed by atoms with Crippen LogP contribution in [0.25, 0.3) is 10.8 Å². The van der Waals surface area contributed by atoms with Gasteiger partial charge < -0.3 is 10.2 Å². The molecule has 1 saturated carbocycles. The topological polar surface area (TPSA) is 53.4 Å². The molecule has 1 aromatic carbocycles. The third-order valence-corrected chi connectivity index (χ3v) is 4.22. The fraction of sp³-hybridized carbons (Fsp3) is 0.438. The van der Waals surface area contributed by atoms with E-state index in [4.69, 9.17) is 0 Å². The molecule has 2 N–H and O–H groups in total. The first kappa shape index (κ1) is 12.6. The zero-order valence-corrected chi connectivity index (χ0v) is 10.9. The predicted octanol–water partition coefficient (Wildman–Crippen LogP) is 2.96. The highest BCUT2D eigenvalue weighted by molar-refractivity contribution is 5.85. The number of rotatable bonds is 2.